The monoisotopic (exact) mass is 215 g/mol. The average Bonchev–Trinajstić information content (AvgIpc) is 2.10. The van der Waals surface area contributed by atoms with Gasteiger partial charge in [0.2, 0.25) is 0 Å². The summed E-state index contributed by atoms with van der Waals surface area (Å²) in [4.78, 5) is 16.4. The molecule has 1 heterocycles. The molecule has 0 aromatic carbocycles. The van der Waals surface area contributed by atoms with Crippen molar-refractivity contribution in [1.82, 2.24) is 5.06 Å². The molecule has 0 unspecified atom stereocenters. The average molecular weight is 215 g/mol. The van der Waals surface area contributed by atoms with Crippen LogP contribution in [0.15, 0.2) is 0 Å². The molecule has 0 spiro atoms. The molecule has 0 aromatic rings. The van der Waals surface area contributed by atoms with E-state index < -0.39 is 6.16 Å². The summed E-state index contributed by atoms with van der Waals surface area (Å²) in [5.74, 6) is 0. The van der Waals surface area contributed by atoms with Crippen LogP contribution in [0.3, 0.4) is 0 Å². The van der Waals surface area contributed by atoms with Crippen molar-refractivity contribution in [2.45, 2.75) is 58.0 Å². The van der Waals surface area contributed by atoms with E-state index in [4.69, 9.17) is 4.84 Å². The molecule has 0 N–H and O–H groups in total. The van der Waals surface area contributed by atoms with Gasteiger partial charge in [-0.2, -0.15) is 0 Å². The van der Waals surface area contributed by atoms with Crippen LogP contribution in [0.25, 0.3) is 0 Å². The highest BCUT2D eigenvalue weighted by atomic mass is 16.8. The van der Waals surface area contributed by atoms with Crippen LogP contribution in [0.4, 0.5) is 4.79 Å². The Bertz CT molecular complexity index is 232. The Hall–Kier alpha value is -0.770. The summed E-state index contributed by atoms with van der Waals surface area (Å²) in [6.45, 7) is 8.32. The molecular formula is C11H21NO3. The first kappa shape index (κ1) is 12.3. The molecule has 0 saturated carbocycles. The minimum atomic E-state index is -0.641. The van der Waals surface area contributed by atoms with Gasteiger partial charge in [0.15, 0.2) is 0 Å². The maximum atomic E-state index is 11.2. The van der Waals surface area contributed by atoms with Gasteiger partial charge in [0.1, 0.15) is 0 Å². The highest BCUT2D eigenvalue weighted by Crippen LogP contribution is 2.38. The summed E-state index contributed by atoms with van der Waals surface area (Å²) in [5.41, 5.74) is -0.258. The van der Waals surface area contributed by atoms with Crippen LogP contribution in [0.1, 0.15) is 47.0 Å². The summed E-state index contributed by atoms with van der Waals surface area (Å²) < 4.78 is 4.54. The van der Waals surface area contributed by atoms with Gasteiger partial charge < -0.3 is 9.57 Å². The number of carbonyl (C=O) groups excluding carboxylic acids is 1. The van der Waals surface area contributed by atoms with Crippen LogP contribution in [-0.4, -0.2) is 29.4 Å². The molecular weight excluding hydrogens is 194 g/mol. The first-order valence-electron chi connectivity index (χ1n) is 5.36. The van der Waals surface area contributed by atoms with Gasteiger partial charge in [0.05, 0.1) is 18.2 Å². The Morgan fingerprint density at radius 3 is 2.00 bits per heavy atom. The highest BCUT2D eigenvalue weighted by molar-refractivity contribution is 5.59. The third-order valence-electron chi connectivity index (χ3n) is 3.01. The normalized spacial score (nSPS) is 24.6. The second-order valence-corrected chi connectivity index (χ2v) is 5.32. The molecule has 4 nitrogen and oxygen atoms in total. The molecule has 88 valence electrons. The summed E-state index contributed by atoms with van der Waals surface area (Å²) in [5, 5.41) is 1.77. The Labute approximate surface area is 91.5 Å². The van der Waals surface area contributed by atoms with Crippen LogP contribution in [0, 0.1) is 0 Å². The van der Waals surface area contributed by atoms with E-state index in [1.165, 1.54) is 7.11 Å². The van der Waals surface area contributed by atoms with E-state index in [-0.39, 0.29) is 11.1 Å². The number of methoxy groups -OCH3 is 1. The molecule has 1 aliphatic heterocycles. The van der Waals surface area contributed by atoms with Gasteiger partial charge in [-0.1, -0.05) is 0 Å². The number of rotatable bonds is 1. The number of hydrogen-bond acceptors (Lipinski definition) is 4. The lowest BCUT2D eigenvalue weighted by molar-refractivity contribution is -0.249. The molecule has 0 radical (unpaired) electrons. The molecule has 1 aliphatic rings. The molecule has 0 bridgehead atoms. The predicted molar refractivity (Wildman–Crippen MR) is 57.3 cm³/mol. The third-order valence-corrected chi connectivity index (χ3v) is 3.01. The Morgan fingerprint density at radius 2 is 1.60 bits per heavy atom. The zero-order valence-electron chi connectivity index (χ0n) is 10.3. The Kier molecular flexibility index (Phi) is 3.28. The summed E-state index contributed by atoms with van der Waals surface area (Å²) >= 11 is 0. The third kappa shape index (κ3) is 2.62. The van der Waals surface area contributed by atoms with Crippen molar-refractivity contribution in [2.75, 3.05) is 7.11 Å². The van der Waals surface area contributed by atoms with Gasteiger partial charge in [0, 0.05) is 0 Å². The number of carbonyl (C=O) groups is 1. The van der Waals surface area contributed by atoms with Crippen molar-refractivity contribution >= 4 is 6.16 Å². The molecule has 1 fully saturated rings. The lowest BCUT2D eigenvalue weighted by Gasteiger charge is -2.49. The smallest absolute Gasteiger partial charge is 0.436 e. The van der Waals surface area contributed by atoms with Crippen molar-refractivity contribution in [3.05, 3.63) is 0 Å². The van der Waals surface area contributed by atoms with Crippen molar-refractivity contribution < 1.29 is 14.4 Å². The SMILES string of the molecule is COC(=O)ON1C(C)(C)CCCC1(C)C. The van der Waals surface area contributed by atoms with Gasteiger partial charge >= 0.3 is 6.16 Å². The predicted octanol–water partition coefficient (Wildman–Crippen LogP) is 2.73. The number of piperidine rings is 1. The number of hydroxylamine groups is 2. The molecule has 4 heteroatoms. The fourth-order valence-electron chi connectivity index (χ4n) is 2.33. The minimum absolute atomic E-state index is 0.129. The Balaban J connectivity index is 2.81. The summed E-state index contributed by atoms with van der Waals surface area (Å²) in [6, 6.07) is 0. The topological polar surface area (TPSA) is 38.8 Å². The molecule has 1 saturated heterocycles. The highest BCUT2D eigenvalue weighted by Gasteiger charge is 2.44. The lowest BCUT2D eigenvalue weighted by Crippen LogP contribution is -2.58. The molecule has 1 rings (SSSR count). The van der Waals surface area contributed by atoms with Crippen LogP contribution < -0.4 is 0 Å². The van der Waals surface area contributed by atoms with Gasteiger partial charge in [-0.15, -0.1) is 5.06 Å². The fourth-order valence-corrected chi connectivity index (χ4v) is 2.33. The molecule has 0 amide bonds. The van der Waals surface area contributed by atoms with E-state index >= 15 is 0 Å². The molecule has 0 aromatic heterocycles. The van der Waals surface area contributed by atoms with Gasteiger partial charge in [-0.3, -0.25) is 0 Å². The quantitative estimate of drug-likeness (QED) is 0.630. The van der Waals surface area contributed by atoms with Crippen molar-refractivity contribution in [3.8, 4) is 0 Å². The maximum absolute atomic E-state index is 11.2. The van der Waals surface area contributed by atoms with E-state index in [1.54, 1.807) is 5.06 Å². The van der Waals surface area contributed by atoms with Gasteiger partial charge in [-0.25, -0.2) is 4.79 Å². The van der Waals surface area contributed by atoms with E-state index in [0.29, 0.717) is 0 Å². The zero-order valence-corrected chi connectivity index (χ0v) is 10.3. The lowest BCUT2D eigenvalue weighted by atomic mass is 9.82. The van der Waals surface area contributed by atoms with E-state index in [9.17, 15) is 4.79 Å². The van der Waals surface area contributed by atoms with E-state index in [2.05, 4.69) is 32.4 Å². The van der Waals surface area contributed by atoms with Crippen LogP contribution in [0.2, 0.25) is 0 Å². The summed E-state index contributed by atoms with van der Waals surface area (Å²) in [7, 11) is 1.33. The maximum Gasteiger partial charge on any atom is 0.527 e. The molecule has 0 atom stereocenters. The van der Waals surface area contributed by atoms with Crippen LogP contribution in [-0.2, 0) is 9.57 Å². The van der Waals surface area contributed by atoms with Gasteiger partial charge in [-0.05, 0) is 47.0 Å². The summed E-state index contributed by atoms with van der Waals surface area (Å²) in [6.07, 6.45) is 2.56. The standard InChI is InChI=1S/C11H21NO3/c1-10(2)7-6-8-11(3,4)12(10)15-9(13)14-5/h6-8H2,1-5H3. The van der Waals surface area contributed by atoms with Gasteiger partial charge in [0.25, 0.3) is 0 Å². The first-order valence-corrected chi connectivity index (χ1v) is 5.36. The first-order chi connectivity index (χ1) is 6.79. The fraction of sp³-hybridized carbons (Fsp3) is 0.909. The van der Waals surface area contributed by atoms with Crippen LogP contribution in [0.5, 0.6) is 0 Å². The number of hydrogen-bond donors (Lipinski definition) is 0. The molecule has 15 heavy (non-hydrogen) atoms. The largest absolute Gasteiger partial charge is 0.527 e. The second kappa shape index (κ2) is 4.00. The van der Waals surface area contributed by atoms with Crippen LogP contribution >= 0.6 is 0 Å². The zero-order chi connectivity index (χ0) is 11.7. The minimum Gasteiger partial charge on any atom is -0.436 e. The van der Waals surface area contributed by atoms with Crippen molar-refractivity contribution in [1.29, 1.82) is 0 Å². The second-order valence-electron chi connectivity index (χ2n) is 5.32. The van der Waals surface area contributed by atoms with E-state index in [1.807, 2.05) is 0 Å². The molecule has 0 aliphatic carbocycles. The van der Waals surface area contributed by atoms with Crippen molar-refractivity contribution in [2.24, 2.45) is 0 Å². The number of ether oxygens (including phenoxy) is 1. The number of nitrogens with zero attached hydrogens (tertiary/aromatic N) is 1. The van der Waals surface area contributed by atoms with Crippen molar-refractivity contribution in [3.63, 3.8) is 0 Å². The Morgan fingerprint density at radius 1 is 1.13 bits per heavy atom. The van der Waals surface area contributed by atoms with E-state index in [0.717, 1.165) is 19.3 Å².